The number of hydrogen-bond acceptors (Lipinski definition) is 2. The molecule has 1 aliphatic heterocycles. The lowest BCUT2D eigenvalue weighted by Crippen LogP contribution is -2.49. The molecule has 0 atom stereocenters. The summed E-state index contributed by atoms with van der Waals surface area (Å²) in [5.41, 5.74) is 3.05. The van der Waals surface area contributed by atoms with Gasteiger partial charge in [-0.05, 0) is 31.0 Å². The molecule has 3 nitrogen and oxygen atoms in total. The molecule has 4 heteroatoms. The van der Waals surface area contributed by atoms with Crippen LogP contribution in [0.1, 0.15) is 17.5 Å². The molecular weight excluding hydrogens is 303 g/mol. The first-order chi connectivity index (χ1) is 11.6. The molecule has 2 aromatic carbocycles. The van der Waals surface area contributed by atoms with E-state index in [4.69, 9.17) is 0 Å². The highest BCUT2D eigenvalue weighted by molar-refractivity contribution is 5.76. The minimum absolute atomic E-state index is 0.185. The maximum atomic E-state index is 13.8. The van der Waals surface area contributed by atoms with Crippen LogP contribution >= 0.6 is 0 Å². The Labute approximate surface area is 142 Å². The van der Waals surface area contributed by atoms with Crippen LogP contribution in [0.4, 0.5) is 10.1 Å². The SMILES string of the molecule is Cc1cccc(CCC(=O)N2CCN(c3ccccc3F)CC2)c1. The first kappa shape index (κ1) is 16.5. The van der Waals surface area contributed by atoms with E-state index in [9.17, 15) is 9.18 Å². The van der Waals surface area contributed by atoms with Gasteiger partial charge in [-0.2, -0.15) is 0 Å². The van der Waals surface area contributed by atoms with Crippen molar-refractivity contribution in [1.29, 1.82) is 0 Å². The number of piperazine rings is 1. The van der Waals surface area contributed by atoms with Crippen LogP contribution in [-0.4, -0.2) is 37.0 Å². The van der Waals surface area contributed by atoms with Gasteiger partial charge in [-0.1, -0.05) is 42.0 Å². The summed E-state index contributed by atoms with van der Waals surface area (Å²) in [6.07, 6.45) is 1.30. The van der Waals surface area contributed by atoms with Crippen molar-refractivity contribution < 1.29 is 9.18 Å². The van der Waals surface area contributed by atoms with Crippen molar-refractivity contribution in [1.82, 2.24) is 4.90 Å². The number of nitrogens with zero attached hydrogens (tertiary/aromatic N) is 2. The first-order valence-electron chi connectivity index (χ1n) is 8.46. The number of carbonyl (C=O) groups is 1. The Hall–Kier alpha value is -2.36. The van der Waals surface area contributed by atoms with E-state index in [0.29, 0.717) is 38.3 Å². The topological polar surface area (TPSA) is 23.6 Å². The van der Waals surface area contributed by atoms with Gasteiger partial charge in [-0.25, -0.2) is 4.39 Å². The number of anilines is 1. The number of aryl methyl sites for hydroxylation is 2. The number of halogens is 1. The van der Waals surface area contributed by atoms with Crippen LogP contribution in [0.3, 0.4) is 0 Å². The highest BCUT2D eigenvalue weighted by Crippen LogP contribution is 2.20. The fourth-order valence-corrected chi connectivity index (χ4v) is 3.18. The third-order valence-corrected chi connectivity index (χ3v) is 4.54. The van der Waals surface area contributed by atoms with E-state index >= 15 is 0 Å². The molecule has 0 unspecified atom stereocenters. The molecule has 1 saturated heterocycles. The number of rotatable bonds is 4. The zero-order valence-electron chi connectivity index (χ0n) is 14.0. The number of benzene rings is 2. The van der Waals surface area contributed by atoms with Crippen LogP contribution in [0, 0.1) is 12.7 Å². The zero-order valence-corrected chi connectivity index (χ0v) is 14.0. The van der Waals surface area contributed by atoms with Gasteiger partial charge < -0.3 is 9.80 Å². The molecule has 0 aromatic heterocycles. The second-order valence-electron chi connectivity index (χ2n) is 6.31. The van der Waals surface area contributed by atoms with Crippen molar-refractivity contribution in [2.24, 2.45) is 0 Å². The van der Waals surface area contributed by atoms with Gasteiger partial charge in [0.05, 0.1) is 5.69 Å². The van der Waals surface area contributed by atoms with Gasteiger partial charge in [0.25, 0.3) is 0 Å². The summed E-state index contributed by atoms with van der Waals surface area (Å²) in [5, 5.41) is 0. The molecule has 3 rings (SSSR count). The average Bonchev–Trinajstić information content (AvgIpc) is 2.60. The third kappa shape index (κ3) is 3.94. The zero-order chi connectivity index (χ0) is 16.9. The lowest BCUT2D eigenvalue weighted by molar-refractivity contribution is -0.131. The third-order valence-electron chi connectivity index (χ3n) is 4.54. The van der Waals surface area contributed by atoms with E-state index in [2.05, 4.69) is 25.1 Å². The predicted molar refractivity (Wildman–Crippen MR) is 94.7 cm³/mol. The Balaban J connectivity index is 1.51. The van der Waals surface area contributed by atoms with Gasteiger partial charge >= 0.3 is 0 Å². The smallest absolute Gasteiger partial charge is 0.223 e. The van der Waals surface area contributed by atoms with E-state index in [1.165, 1.54) is 17.2 Å². The Kier molecular flexibility index (Phi) is 5.14. The van der Waals surface area contributed by atoms with Crippen LogP contribution in [0.25, 0.3) is 0 Å². The molecule has 1 aliphatic rings. The lowest BCUT2D eigenvalue weighted by Gasteiger charge is -2.36. The molecule has 0 radical (unpaired) electrons. The molecule has 1 heterocycles. The maximum absolute atomic E-state index is 13.8. The van der Waals surface area contributed by atoms with Crippen molar-refractivity contribution in [3.05, 3.63) is 65.5 Å². The van der Waals surface area contributed by atoms with E-state index in [0.717, 1.165) is 6.42 Å². The van der Waals surface area contributed by atoms with Crippen LogP contribution in [0.15, 0.2) is 48.5 Å². The second kappa shape index (κ2) is 7.47. The average molecular weight is 326 g/mol. The van der Waals surface area contributed by atoms with E-state index < -0.39 is 0 Å². The van der Waals surface area contributed by atoms with Crippen LogP contribution in [-0.2, 0) is 11.2 Å². The van der Waals surface area contributed by atoms with Gasteiger partial charge in [0.2, 0.25) is 5.91 Å². The van der Waals surface area contributed by atoms with Crippen molar-refractivity contribution in [2.45, 2.75) is 19.8 Å². The first-order valence-corrected chi connectivity index (χ1v) is 8.46. The van der Waals surface area contributed by atoms with E-state index in [1.807, 2.05) is 21.9 Å². The molecule has 1 fully saturated rings. The monoisotopic (exact) mass is 326 g/mol. The quantitative estimate of drug-likeness (QED) is 0.859. The normalized spacial score (nSPS) is 14.8. The molecule has 2 aromatic rings. The van der Waals surface area contributed by atoms with Gasteiger partial charge in [-0.3, -0.25) is 4.79 Å². The van der Waals surface area contributed by atoms with Crippen molar-refractivity contribution in [3.8, 4) is 0 Å². The number of para-hydroxylation sites is 1. The van der Waals surface area contributed by atoms with Crippen molar-refractivity contribution in [3.63, 3.8) is 0 Å². The molecule has 24 heavy (non-hydrogen) atoms. The summed E-state index contributed by atoms with van der Waals surface area (Å²) in [5.74, 6) is -0.0126. The molecule has 0 aliphatic carbocycles. The molecule has 0 spiro atoms. The Morgan fingerprint density at radius 3 is 2.50 bits per heavy atom. The minimum atomic E-state index is -0.197. The summed E-state index contributed by atoms with van der Waals surface area (Å²) >= 11 is 0. The van der Waals surface area contributed by atoms with E-state index in [-0.39, 0.29) is 11.7 Å². The van der Waals surface area contributed by atoms with Gasteiger partial charge in [-0.15, -0.1) is 0 Å². The standard InChI is InChI=1S/C20H23FN2O/c1-16-5-4-6-17(15-16)9-10-20(24)23-13-11-22(12-14-23)19-8-3-2-7-18(19)21/h2-8,15H,9-14H2,1H3. The fraction of sp³-hybridized carbons (Fsp3) is 0.350. The van der Waals surface area contributed by atoms with Crippen molar-refractivity contribution in [2.75, 3.05) is 31.1 Å². The molecule has 0 bridgehead atoms. The van der Waals surface area contributed by atoms with Gasteiger partial charge in [0, 0.05) is 32.6 Å². The molecule has 1 amide bonds. The molecule has 0 saturated carbocycles. The molecular formula is C20H23FN2O. The second-order valence-corrected chi connectivity index (χ2v) is 6.31. The Morgan fingerprint density at radius 2 is 1.79 bits per heavy atom. The van der Waals surface area contributed by atoms with E-state index in [1.54, 1.807) is 12.1 Å². The lowest BCUT2D eigenvalue weighted by atomic mass is 10.1. The van der Waals surface area contributed by atoms with Crippen molar-refractivity contribution >= 4 is 11.6 Å². The minimum Gasteiger partial charge on any atom is -0.366 e. The highest BCUT2D eigenvalue weighted by atomic mass is 19.1. The largest absolute Gasteiger partial charge is 0.366 e. The summed E-state index contributed by atoms with van der Waals surface area (Å²) < 4.78 is 13.8. The Morgan fingerprint density at radius 1 is 1.04 bits per heavy atom. The number of carbonyl (C=O) groups excluding carboxylic acids is 1. The Bertz CT molecular complexity index is 708. The molecule has 126 valence electrons. The highest BCUT2D eigenvalue weighted by Gasteiger charge is 2.22. The fourth-order valence-electron chi connectivity index (χ4n) is 3.18. The number of hydrogen-bond donors (Lipinski definition) is 0. The number of amides is 1. The summed E-state index contributed by atoms with van der Waals surface area (Å²) in [6.45, 7) is 4.73. The van der Waals surface area contributed by atoms with Crippen LogP contribution in [0.5, 0.6) is 0 Å². The maximum Gasteiger partial charge on any atom is 0.223 e. The summed E-state index contributed by atoms with van der Waals surface area (Å²) in [4.78, 5) is 16.3. The summed E-state index contributed by atoms with van der Waals surface area (Å²) in [6, 6.07) is 15.1. The van der Waals surface area contributed by atoms with Crippen LogP contribution < -0.4 is 4.90 Å². The van der Waals surface area contributed by atoms with Crippen LogP contribution in [0.2, 0.25) is 0 Å². The summed E-state index contributed by atoms with van der Waals surface area (Å²) in [7, 11) is 0. The predicted octanol–water partition coefficient (Wildman–Crippen LogP) is 3.42. The molecule has 0 N–H and O–H groups in total. The van der Waals surface area contributed by atoms with Gasteiger partial charge in [0.1, 0.15) is 5.82 Å². The van der Waals surface area contributed by atoms with Gasteiger partial charge in [0.15, 0.2) is 0 Å².